The van der Waals surface area contributed by atoms with E-state index in [1.165, 1.54) is 17.0 Å². The zero-order valence-corrected chi connectivity index (χ0v) is 22.8. The minimum absolute atomic E-state index is 0.0801. The monoisotopic (exact) mass is 521 g/mol. The number of nitrogens with one attached hydrogen (secondary N) is 1. The van der Waals surface area contributed by atoms with Gasteiger partial charge in [0.15, 0.2) is 0 Å². The number of anilines is 1. The molecule has 0 heterocycles. The quantitative estimate of drug-likeness (QED) is 0.449. The van der Waals surface area contributed by atoms with Gasteiger partial charge in [-0.2, -0.15) is 0 Å². The number of hydrogen-bond acceptors (Lipinski definition) is 4. The van der Waals surface area contributed by atoms with Crippen molar-refractivity contribution in [3.05, 3.63) is 96.1 Å². The Labute approximate surface area is 220 Å². The molecule has 0 radical (unpaired) electrons. The molecule has 0 aromatic heterocycles. The first-order valence-electron chi connectivity index (χ1n) is 12.2. The lowest BCUT2D eigenvalue weighted by molar-refractivity contribution is -0.140. The van der Waals surface area contributed by atoms with E-state index in [0.29, 0.717) is 5.69 Å². The van der Waals surface area contributed by atoms with Crippen LogP contribution < -0.4 is 9.62 Å². The molecule has 0 aliphatic carbocycles. The highest BCUT2D eigenvalue weighted by Crippen LogP contribution is 2.25. The second-order valence-corrected chi connectivity index (χ2v) is 11.9. The Morgan fingerprint density at radius 2 is 1.41 bits per heavy atom. The normalized spacial score (nSPS) is 12.5. The molecule has 0 saturated heterocycles. The van der Waals surface area contributed by atoms with Gasteiger partial charge in [-0.3, -0.25) is 13.9 Å². The molecule has 3 rings (SSSR count). The second kappa shape index (κ2) is 11.6. The predicted octanol–water partition coefficient (Wildman–Crippen LogP) is 4.52. The largest absolute Gasteiger partial charge is 0.350 e. The first-order valence-corrected chi connectivity index (χ1v) is 13.6. The number of benzene rings is 3. The third-order valence-corrected chi connectivity index (χ3v) is 7.58. The molecule has 1 N–H and O–H groups in total. The summed E-state index contributed by atoms with van der Waals surface area (Å²) in [6.45, 7) is 8.86. The van der Waals surface area contributed by atoms with Crippen LogP contribution in [0.4, 0.5) is 5.69 Å². The summed E-state index contributed by atoms with van der Waals surface area (Å²) in [4.78, 5) is 28.4. The van der Waals surface area contributed by atoms with Crippen LogP contribution in [0.25, 0.3) is 0 Å². The highest BCUT2D eigenvalue weighted by atomic mass is 32.2. The van der Waals surface area contributed by atoms with Gasteiger partial charge in [0.25, 0.3) is 10.0 Å². The Kier molecular flexibility index (Phi) is 8.76. The van der Waals surface area contributed by atoms with Gasteiger partial charge >= 0.3 is 0 Å². The molecule has 3 aromatic rings. The molecule has 2 amide bonds. The van der Waals surface area contributed by atoms with E-state index >= 15 is 0 Å². The number of carbonyl (C=O) groups is 2. The summed E-state index contributed by atoms with van der Waals surface area (Å²) in [5.74, 6) is -0.801. The zero-order chi connectivity index (χ0) is 27.2. The Balaban J connectivity index is 2.00. The summed E-state index contributed by atoms with van der Waals surface area (Å²) in [6.07, 6.45) is 0. The van der Waals surface area contributed by atoms with E-state index in [1.54, 1.807) is 49.4 Å². The summed E-state index contributed by atoms with van der Waals surface area (Å²) in [5, 5.41) is 2.92. The fourth-order valence-electron chi connectivity index (χ4n) is 3.80. The maximum atomic E-state index is 13.8. The fraction of sp³-hybridized carbons (Fsp3) is 0.310. The number of carbonyl (C=O) groups excluding carboxylic acids is 2. The van der Waals surface area contributed by atoms with Crippen molar-refractivity contribution in [3.63, 3.8) is 0 Å². The molecule has 0 unspecified atom stereocenters. The van der Waals surface area contributed by atoms with E-state index < -0.39 is 34.1 Å². The maximum Gasteiger partial charge on any atom is 0.264 e. The number of nitrogens with zero attached hydrogens (tertiary/aromatic N) is 2. The lowest BCUT2D eigenvalue weighted by atomic mass is 10.1. The molecule has 196 valence electrons. The van der Waals surface area contributed by atoms with E-state index in [1.807, 2.05) is 58.0 Å². The van der Waals surface area contributed by atoms with Gasteiger partial charge in [-0.25, -0.2) is 8.42 Å². The molecule has 1 atom stereocenters. The van der Waals surface area contributed by atoms with Gasteiger partial charge in [0.05, 0.1) is 10.6 Å². The summed E-state index contributed by atoms with van der Waals surface area (Å²) in [7, 11) is -4.06. The van der Waals surface area contributed by atoms with Gasteiger partial charge in [0, 0.05) is 12.1 Å². The second-order valence-electron chi connectivity index (χ2n) is 10.1. The van der Waals surface area contributed by atoms with Gasteiger partial charge in [-0.05, 0) is 64.4 Å². The van der Waals surface area contributed by atoms with Gasteiger partial charge < -0.3 is 10.2 Å². The Morgan fingerprint density at radius 3 is 1.95 bits per heavy atom. The molecule has 8 heteroatoms. The molecule has 0 bridgehead atoms. The third-order valence-electron chi connectivity index (χ3n) is 5.79. The van der Waals surface area contributed by atoms with Crippen LogP contribution in [0.2, 0.25) is 0 Å². The topological polar surface area (TPSA) is 86.8 Å². The van der Waals surface area contributed by atoms with E-state index in [0.717, 1.165) is 15.4 Å². The van der Waals surface area contributed by atoms with Crippen LogP contribution in [0.5, 0.6) is 0 Å². The number of hydrogen-bond donors (Lipinski definition) is 1. The minimum Gasteiger partial charge on any atom is -0.350 e. The molecule has 0 aliphatic rings. The van der Waals surface area contributed by atoms with Crippen LogP contribution in [0.1, 0.15) is 38.8 Å². The van der Waals surface area contributed by atoms with Gasteiger partial charge in [0.1, 0.15) is 12.6 Å². The number of rotatable bonds is 9. The Hall–Kier alpha value is -3.65. The molecule has 0 saturated carbocycles. The van der Waals surface area contributed by atoms with Gasteiger partial charge in [0.2, 0.25) is 11.8 Å². The van der Waals surface area contributed by atoms with Crippen molar-refractivity contribution in [3.8, 4) is 0 Å². The highest BCUT2D eigenvalue weighted by molar-refractivity contribution is 7.92. The number of amides is 2. The molecular formula is C29H35N3O4S. The molecule has 0 spiro atoms. The lowest BCUT2D eigenvalue weighted by Crippen LogP contribution is -2.54. The van der Waals surface area contributed by atoms with Crippen molar-refractivity contribution in [1.29, 1.82) is 0 Å². The van der Waals surface area contributed by atoms with E-state index in [-0.39, 0.29) is 17.3 Å². The number of aryl methyl sites for hydroxylation is 1. The van der Waals surface area contributed by atoms with E-state index in [9.17, 15) is 18.0 Å². The summed E-state index contributed by atoms with van der Waals surface area (Å²) in [6, 6.07) is 23.5. The third kappa shape index (κ3) is 7.43. The average Bonchev–Trinajstić information content (AvgIpc) is 2.86. The van der Waals surface area contributed by atoms with Crippen LogP contribution in [0.3, 0.4) is 0 Å². The van der Waals surface area contributed by atoms with E-state index in [2.05, 4.69) is 5.32 Å². The summed E-state index contributed by atoms with van der Waals surface area (Å²) < 4.78 is 28.5. The minimum atomic E-state index is -4.06. The molecule has 7 nitrogen and oxygen atoms in total. The van der Waals surface area contributed by atoms with Gasteiger partial charge in [-0.1, -0.05) is 66.2 Å². The van der Waals surface area contributed by atoms with Crippen molar-refractivity contribution in [1.82, 2.24) is 10.2 Å². The Morgan fingerprint density at radius 1 is 0.865 bits per heavy atom. The van der Waals surface area contributed by atoms with Crippen LogP contribution in [-0.2, 0) is 26.2 Å². The van der Waals surface area contributed by atoms with Crippen molar-refractivity contribution in [2.45, 2.75) is 57.6 Å². The maximum absolute atomic E-state index is 13.8. The lowest BCUT2D eigenvalue weighted by Gasteiger charge is -2.33. The molecular weight excluding hydrogens is 486 g/mol. The standard InChI is InChI=1S/C29H35N3O4S/c1-22-16-18-25(19-17-22)32(37(35,36)26-14-10-7-11-15-26)21-27(33)31(20-24-12-8-6-9-13-24)23(2)28(34)30-29(3,4)5/h6-19,23H,20-21H2,1-5H3,(H,30,34)/t23-/m1/s1. The van der Waals surface area contributed by atoms with Crippen molar-refractivity contribution >= 4 is 27.5 Å². The molecule has 0 fully saturated rings. The SMILES string of the molecule is Cc1ccc(N(CC(=O)N(Cc2ccccc2)[C@H](C)C(=O)NC(C)(C)C)S(=O)(=O)c2ccccc2)cc1. The van der Waals surface area contributed by atoms with Gasteiger partial charge in [-0.15, -0.1) is 0 Å². The Bertz CT molecular complexity index is 1300. The van der Waals surface area contributed by atoms with Crippen LogP contribution in [0, 0.1) is 6.92 Å². The van der Waals surface area contributed by atoms with Crippen molar-refractivity contribution in [2.24, 2.45) is 0 Å². The number of sulfonamides is 1. The van der Waals surface area contributed by atoms with Crippen LogP contribution in [0.15, 0.2) is 89.8 Å². The smallest absolute Gasteiger partial charge is 0.264 e. The predicted molar refractivity (Wildman–Crippen MR) is 147 cm³/mol. The fourth-order valence-corrected chi connectivity index (χ4v) is 5.23. The van der Waals surface area contributed by atoms with E-state index in [4.69, 9.17) is 0 Å². The molecule has 3 aromatic carbocycles. The zero-order valence-electron chi connectivity index (χ0n) is 22.0. The van der Waals surface area contributed by atoms with Crippen LogP contribution in [-0.4, -0.2) is 43.3 Å². The first kappa shape index (κ1) is 27.9. The molecule has 37 heavy (non-hydrogen) atoms. The summed E-state index contributed by atoms with van der Waals surface area (Å²) in [5.41, 5.74) is 1.68. The van der Waals surface area contributed by atoms with Crippen molar-refractivity contribution < 1.29 is 18.0 Å². The van der Waals surface area contributed by atoms with Crippen LogP contribution >= 0.6 is 0 Å². The first-order chi connectivity index (χ1) is 17.4. The van der Waals surface area contributed by atoms with Crippen molar-refractivity contribution in [2.75, 3.05) is 10.8 Å². The molecule has 0 aliphatic heterocycles. The average molecular weight is 522 g/mol. The highest BCUT2D eigenvalue weighted by Gasteiger charge is 2.33. The summed E-state index contributed by atoms with van der Waals surface area (Å²) >= 11 is 0.